The Morgan fingerprint density at radius 2 is 1.85 bits per heavy atom. The molecule has 1 saturated carbocycles. The molecule has 2 nitrogen and oxygen atoms in total. The van der Waals surface area contributed by atoms with Crippen LogP contribution < -0.4 is 5.73 Å². The first-order valence-electron chi connectivity index (χ1n) is 8.01. The zero-order valence-corrected chi connectivity index (χ0v) is 13.7. The number of carbonyl (C=O) groups is 1. The summed E-state index contributed by atoms with van der Waals surface area (Å²) in [5.41, 5.74) is 6.67. The van der Waals surface area contributed by atoms with Crippen LogP contribution in [0.1, 0.15) is 39.9 Å². The maximum absolute atomic E-state index is 13.6. The Kier molecular flexibility index (Phi) is 4.73. The van der Waals surface area contributed by atoms with E-state index in [-0.39, 0.29) is 29.9 Å². The van der Waals surface area contributed by atoms with Crippen LogP contribution in [0.5, 0.6) is 0 Å². The largest absolute Gasteiger partial charge is 0.366 e. The molecule has 26 heavy (non-hydrogen) atoms. The zero-order valence-electron chi connectivity index (χ0n) is 13.7. The van der Waals surface area contributed by atoms with Gasteiger partial charge in [-0.1, -0.05) is 11.8 Å². The molecular weight excluding hydrogens is 346 g/mol. The number of primary amides is 1. The van der Waals surface area contributed by atoms with Crippen molar-refractivity contribution in [2.24, 2.45) is 11.7 Å². The van der Waals surface area contributed by atoms with Gasteiger partial charge in [-0.05, 0) is 48.2 Å². The van der Waals surface area contributed by atoms with E-state index in [9.17, 15) is 22.4 Å². The van der Waals surface area contributed by atoms with Crippen molar-refractivity contribution >= 4 is 5.91 Å². The lowest BCUT2D eigenvalue weighted by Gasteiger charge is -2.35. The molecule has 0 unspecified atom stereocenters. The fraction of sp³-hybridized carbons (Fsp3) is 0.250. The highest BCUT2D eigenvalue weighted by atomic mass is 19.3. The number of hydrogen-bond donors (Lipinski definition) is 1. The van der Waals surface area contributed by atoms with Crippen LogP contribution >= 0.6 is 0 Å². The minimum absolute atomic E-state index is 0.0329. The number of rotatable bonds is 3. The molecule has 0 aliphatic heterocycles. The van der Waals surface area contributed by atoms with Crippen molar-refractivity contribution in [3.05, 3.63) is 70.3 Å². The van der Waals surface area contributed by atoms with Crippen LogP contribution in [-0.2, 0) is 6.42 Å². The standard InChI is InChI=1S/C20H15F4NO/c21-16-5-4-14(18(22)9-16)3-1-12-2-6-17(19(25)26)15(7-12)8-13-10-20(23,24)11-13/h2,4-7,9,13H,8,10-11H2,(H2,25,26). The van der Waals surface area contributed by atoms with E-state index in [4.69, 9.17) is 5.73 Å². The van der Waals surface area contributed by atoms with Gasteiger partial charge in [-0.3, -0.25) is 4.79 Å². The van der Waals surface area contributed by atoms with Crippen molar-refractivity contribution in [3.8, 4) is 11.8 Å². The van der Waals surface area contributed by atoms with Crippen LogP contribution in [0, 0.1) is 29.4 Å². The summed E-state index contributed by atoms with van der Waals surface area (Å²) in [6.07, 6.45) is -0.141. The van der Waals surface area contributed by atoms with Crippen LogP contribution in [0.3, 0.4) is 0 Å². The predicted molar refractivity (Wildman–Crippen MR) is 88.7 cm³/mol. The van der Waals surface area contributed by atoms with Gasteiger partial charge in [-0.2, -0.15) is 0 Å². The second-order valence-electron chi connectivity index (χ2n) is 6.44. The summed E-state index contributed by atoms with van der Waals surface area (Å²) in [6.45, 7) is 0. The van der Waals surface area contributed by atoms with E-state index in [1.165, 1.54) is 12.1 Å². The highest BCUT2D eigenvalue weighted by molar-refractivity contribution is 5.94. The quantitative estimate of drug-likeness (QED) is 0.650. The van der Waals surface area contributed by atoms with Crippen molar-refractivity contribution in [1.29, 1.82) is 0 Å². The van der Waals surface area contributed by atoms with Gasteiger partial charge < -0.3 is 5.73 Å². The summed E-state index contributed by atoms with van der Waals surface area (Å²) < 4.78 is 52.6. The minimum atomic E-state index is -2.64. The molecule has 0 radical (unpaired) electrons. The monoisotopic (exact) mass is 361 g/mol. The topological polar surface area (TPSA) is 43.1 Å². The molecule has 0 saturated heterocycles. The maximum Gasteiger partial charge on any atom is 0.248 e. The average Bonchev–Trinajstić information content (AvgIpc) is 2.52. The highest BCUT2D eigenvalue weighted by Crippen LogP contribution is 2.44. The molecule has 0 spiro atoms. The Hall–Kier alpha value is -2.81. The SMILES string of the molecule is NC(=O)c1ccc(C#Cc2ccc(F)cc2F)cc1CC1CC(F)(F)C1. The molecule has 0 aromatic heterocycles. The van der Waals surface area contributed by atoms with Gasteiger partial charge in [-0.15, -0.1) is 0 Å². The van der Waals surface area contributed by atoms with Crippen molar-refractivity contribution in [2.45, 2.75) is 25.2 Å². The maximum atomic E-state index is 13.6. The van der Waals surface area contributed by atoms with E-state index < -0.39 is 23.5 Å². The lowest BCUT2D eigenvalue weighted by atomic mass is 9.76. The van der Waals surface area contributed by atoms with E-state index in [0.717, 1.165) is 12.1 Å². The van der Waals surface area contributed by atoms with Crippen molar-refractivity contribution in [2.75, 3.05) is 0 Å². The summed E-state index contributed by atoms with van der Waals surface area (Å²) >= 11 is 0. The van der Waals surface area contributed by atoms with E-state index in [2.05, 4.69) is 11.8 Å². The average molecular weight is 361 g/mol. The fourth-order valence-corrected chi connectivity index (χ4v) is 3.05. The molecule has 1 amide bonds. The Balaban J connectivity index is 1.86. The molecule has 0 heterocycles. The van der Waals surface area contributed by atoms with Crippen molar-refractivity contribution in [1.82, 2.24) is 0 Å². The Labute approximate surface area is 148 Å². The number of nitrogens with two attached hydrogens (primary N) is 1. The molecule has 0 atom stereocenters. The minimum Gasteiger partial charge on any atom is -0.366 e. The normalized spacial score (nSPS) is 15.7. The van der Waals surface area contributed by atoms with Gasteiger partial charge in [0.1, 0.15) is 11.6 Å². The van der Waals surface area contributed by atoms with Gasteiger partial charge in [-0.25, -0.2) is 17.6 Å². The molecular formula is C20H15F4NO. The molecule has 1 fully saturated rings. The highest BCUT2D eigenvalue weighted by Gasteiger charge is 2.45. The van der Waals surface area contributed by atoms with E-state index >= 15 is 0 Å². The number of benzene rings is 2. The third kappa shape index (κ3) is 4.05. The van der Waals surface area contributed by atoms with Gasteiger partial charge in [0.05, 0.1) is 5.56 Å². The van der Waals surface area contributed by atoms with Crippen LogP contribution in [0.2, 0.25) is 0 Å². The molecule has 2 aromatic carbocycles. The van der Waals surface area contributed by atoms with E-state index in [1.54, 1.807) is 12.1 Å². The summed E-state index contributed by atoms with van der Waals surface area (Å²) in [5.74, 6) is 0.360. The summed E-state index contributed by atoms with van der Waals surface area (Å²) in [7, 11) is 0. The molecule has 1 aliphatic rings. The first-order valence-corrected chi connectivity index (χ1v) is 8.01. The van der Waals surface area contributed by atoms with Crippen LogP contribution in [0.25, 0.3) is 0 Å². The van der Waals surface area contributed by atoms with Gasteiger partial charge in [0.2, 0.25) is 11.8 Å². The summed E-state index contributed by atoms with van der Waals surface area (Å²) in [4.78, 5) is 11.6. The fourth-order valence-electron chi connectivity index (χ4n) is 3.05. The van der Waals surface area contributed by atoms with Gasteiger partial charge in [0.25, 0.3) is 0 Å². The number of carbonyl (C=O) groups excluding carboxylic acids is 1. The van der Waals surface area contributed by atoms with Gasteiger partial charge in [0, 0.05) is 30.0 Å². The third-order valence-corrected chi connectivity index (χ3v) is 4.33. The zero-order chi connectivity index (χ0) is 18.9. The molecule has 1 aliphatic carbocycles. The van der Waals surface area contributed by atoms with E-state index in [1.807, 2.05) is 0 Å². The second kappa shape index (κ2) is 6.83. The lowest BCUT2D eigenvalue weighted by molar-refractivity contribution is -0.109. The van der Waals surface area contributed by atoms with Crippen LogP contribution in [-0.4, -0.2) is 11.8 Å². The molecule has 2 N–H and O–H groups in total. The molecule has 2 aromatic rings. The number of hydrogen-bond acceptors (Lipinski definition) is 1. The van der Waals surface area contributed by atoms with Crippen LogP contribution in [0.15, 0.2) is 36.4 Å². The smallest absolute Gasteiger partial charge is 0.248 e. The first kappa shape index (κ1) is 18.0. The Morgan fingerprint density at radius 3 is 2.46 bits per heavy atom. The number of amides is 1. The molecule has 134 valence electrons. The summed E-state index contributed by atoms with van der Waals surface area (Å²) in [5, 5.41) is 0. The Bertz CT molecular complexity index is 919. The summed E-state index contributed by atoms with van der Waals surface area (Å²) in [6, 6.07) is 7.71. The predicted octanol–water partition coefficient (Wildman–Crippen LogP) is 4.05. The van der Waals surface area contributed by atoms with Gasteiger partial charge in [0.15, 0.2) is 0 Å². The second-order valence-corrected chi connectivity index (χ2v) is 6.44. The molecule has 3 rings (SSSR count). The van der Waals surface area contributed by atoms with E-state index in [0.29, 0.717) is 17.5 Å². The van der Waals surface area contributed by atoms with Crippen molar-refractivity contribution in [3.63, 3.8) is 0 Å². The number of halogens is 4. The van der Waals surface area contributed by atoms with Crippen LogP contribution in [0.4, 0.5) is 17.6 Å². The molecule has 6 heteroatoms. The third-order valence-electron chi connectivity index (χ3n) is 4.33. The first-order chi connectivity index (χ1) is 12.2. The van der Waals surface area contributed by atoms with Crippen molar-refractivity contribution < 1.29 is 22.4 Å². The number of alkyl halides is 2. The van der Waals surface area contributed by atoms with Gasteiger partial charge >= 0.3 is 0 Å². The molecule has 0 bridgehead atoms. The lowest BCUT2D eigenvalue weighted by Crippen LogP contribution is -2.36. The Morgan fingerprint density at radius 1 is 1.12 bits per heavy atom.